The summed E-state index contributed by atoms with van der Waals surface area (Å²) in [4.78, 5) is 31.3. The molecule has 1 aliphatic rings. The Kier molecular flexibility index (Phi) is 5.47. The van der Waals surface area contributed by atoms with Crippen LogP contribution in [0.15, 0.2) is 48.7 Å². The number of hydrogen-bond donors (Lipinski definition) is 0. The number of pyridine rings is 1. The van der Waals surface area contributed by atoms with Crippen LogP contribution in [0.1, 0.15) is 39.2 Å². The number of ether oxygens (including phenoxy) is 2. The molecule has 0 bridgehead atoms. The van der Waals surface area contributed by atoms with Crippen LogP contribution in [0.2, 0.25) is 0 Å². The van der Waals surface area contributed by atoms with Crippen LogP contribution in [-0.2, 0) is 17.7 Å². The van der Waals surface area contributed by atoms with Crippen LogP contribution < -0.4 is 4.74 Å². The van der Waals surface area contributed by atoms with E-state index >= 15 is 0 Å². The summed E-state index contributed by atoms with van der Waals surface area (Å²) in [5.41, 5.74) is 3.03. The van der Waals surface area contributed by atoms with Crippen LogP contribution in [0, 0.1) is 0 Å². The van der Waals surface area contributed by atoms with Crippen LogP contribution in [-0.4, -0.2) is 51.8 Å². The summed E-state index contributed by atoms with van der Waals surface area (Å²) < 4.78 is 12.2. The molecule has 0 atom stereocenters. The van der Waals surface area contributed by atoms with Gasteiger partial charge in [0.15, 0.2) is 5.69 Å². The Morgan fingerprint density at radius 2 is 1.93 bits per heavy atom. The van der Waals surface area contributed by atoms with E-state index in [4.69, 9.17) is 9.47 Å². The van der Waals surface area contributed by atoms with Crippen molar-refractivity contribution in [1.29, 1.82) is 0 Å². The molecule has 0 radical (unpaired) electrons. The number of nitrogens with zero attached hydrogens (tertiary/aromatic N) is 4. The minimum atomic E-state index is -0.492. The molecule has 8 heteroatoms. The van der Waals surface area contributed by atoms with Crippen LogP contribution in [0.3, 0.4) is 0 Å². The molecule has 1 aromatic carbocycles. The molecule has 0 unspecified atom stereocenters. The summed E-state index contributed by atoms with van der Waals surface area (Å²) in [6.45, 7) is 2.78. The Morgan fingerprint density at radius 1 is 1.13 bits per heavy atom. The molecule has 30 heavy (non-hydrogen) atoms. The fourth-order valence-electron chi connectivity index (χ4n) is 3.54. The van der Waals surface area contributed by atoms with E-state index in [1.807, 2.05) is 24.3 Å². The molecule has 0 N–H and O–H groups in total. The van der Waals surface area contributed by atoms with E-state index in [2.05, 4.69) is 10.1 Å². The van der Waals surface area contributed by atoms with Gasteiger partial charge in [-0.2, -0.15) is 5.10 Å². The van der Waals surface area contributed by atoms with Gasteiger partial charge < -0.3 is 14.4 Å². The number of benzene rings is 1. The zero-order valence-electron chi connectivity index (χ0n) is 16.9. The highest BCUT2D eigenvalue weighted by Crippen LogP contribution is 2.27. The topological polar surface area (TPSA) is 86.5 Å². The van der Waals surface area contributed by atoms with E-state index in [0.29, 0.717) is 24.2 Å². The van der Waals surface area contributed by atoms with E-state index in [-0.39, 0.29) is 24.8 Å². The first kappa shape index (κ1) is 19.6. The molecule has 3 heterocycles. The lowest BCUT2D eigenvalue weighted by Crippen LogP contribution is -2.37. The molecule has 4 rings (SSSR count). The molecule has 0 saturated heterocycles. The lowest BCUT2D eigenvalue weighted by atomic mass is 10.0. The minimum Gasteiger partial charge on any atom is -0.497 e. The Balaban J connectivity index is 1.71. The number of carbonyl (C=O) groups is 2. The van der Waals surface area contributed by atoms with E-state index in [1.54, 1.807) is 48.0 Å². The van der Waals surface area contributed by atoms with Gasteiger partial charge in [0.05, 0.1) is 31.6 Å². The Labute approximate surface area is 174 Å². The molecular formula is C22H22N4O4. The SMILES string of the molecule is CCOC(=O)c1nn(-c2ccc(OC)cc2)c2c1CN(C(=O)c1ccccn1)CC2. The number of rotatable bonds is 5. The van der Waals surface area contributed by atoms with Gasteiger partial charge in [-0.25, -0.2) is 9.48 Å². The average molecular weight is 406 g/mol. The first-order valence-corrected chi connectivity index (χ1v) is 9.75. The molecule has 0 spiro atoms. The second kappa shape index (κ2) is 8.36. The van der Waals surface area contributed by atoms with Gasteiger partial charge in [-0.1, -0.05) is 6.07 Å². The molecule has 0 saturated carbocycles. The van der Waals surface area contributed by atoms with Crippen LogP contribution in [0.5, 0.6) is 5.75 Å². The summed E-state index contributed by atoms with van der Waals surface area (Å²) in [7, 11) is 1.61. The number of methoxy groups -OCH3 is 1. The summed E-state index contributed by atoms with van der Waals surface area (Å²) in [5.74, 6) is 0.0684. The van der Waals surface area contributed by atoms with Crippen LogP contribution in [0.25, 0.3) is 5.69 Å². The van der Waals surface area contributed by atoms with E-state index in [1.165, 1.54) is 0 Å². The van der Waals surface area contributed by atoms with Gasteiger partial charge in [-0.05, 0) is 43.3 Å². The average Bonchev–Trinajstić information content (AvgIpc) is 3.18. The van der Waals surface area contributed by atoms with E-state index in [0.717, 1.165) is 17.1 Å². The van der Waals surface area contributed by atoms with Gasteiger partial charge in [-0.3, -0.25) is 9.78 Å². The Hall–Kier alpha value is -3.68. The number of hydrogen-bond acceptors (Lipinski definition) is 6. The zero-order chi connectivity index (χ0) is 21.1. The zero-order valence-corrected chi connectivity index (χ0v) is 16.9. The molecule has 154 valence electrons. The van der Waals surface area contributed by atoms with Crippen molar-refractivity contribution in [3.63, 3.8) is 0 Å². The quantitative estimate of drug-likeness (QED) is 0.606. The van der Waals surface area contributed by atoms with Gasteiger partial charge in [-0.15, -0.1) is 0 Å². The minimum absolute atomic E-state index is 0.173. The monoisotopic (exact) mass is 406 g/mol. The lowest BCUT2D eigenvalue weighted by molar-refractivity contribution is 0.0513. The number of aromatic nitrogens is 3. The Morgan fingerprint density at radius 3 is 2.60 bits per heavy atom. The molecule has 2 aromatic heterocycles. The molecule has 1 amide bonds. The summed E-state index contributed by atoms with van der Waals surface area (Å²) >= 11 is 0. The Bertz CT molecular complexity index is 1060. The largest absolute Gasteiger partial charge is 0.497 e. The highest BCUT2D eigenvalue weighted by atomic mass is 16.5. The fourth-order valence-corrected chi connectivity index (χ4v) is 3.54. The normalized spacial score (nSPS) is 12.9. The number of esters is 1. The molecule has 1 aliphatic heterocycles. The number of fused-ring (bicyclic) bond motifs is 1. The van der Waals surface area contributed by atoms with Crippen molar-refractivity contribution in [3.8, 4) is 11.4 Å². The summed E-state index contributed by atoms with van der Waals surface area (Å²) in [6, 6.07) is 12.7. The molecule has 0 aliphatic carbocycles. The van der Waals surface area contributed by atoms with Gasteiger partial charge in [0.1, 0.15) is 11.4 Å². The third-order valence-corrected chi connectivity index (χ3v) is 5.01. The van der Waals surface area contributed by atoms with Gasteiger partial charge in [0, 0.05) is 24.7 Å². The summed E-state index contributed by atoms with van der Waals surface area (Å²) in [5, 5.41) is 4.55. The second-order valence-electron chi connectivity index (χ2n) is 6.80. The van der Waals surface area contributed by atoms with E-state index in [9.17, 15) is 9.59 Å². The maximum atomic E-state index is 12.9. The van der Waals surface area contributed by atoms with Crippen molar-refractivity contribution in [2.75, 3.05) is 20.3 Å². The predicted octanol–water partition coefficient (Wildman–Crippen LogP) is 2.65. The van der Waals surface area contributed by atoms with Gasteiger partial charge in [0.2, 0.25) is 0 Å². The van der Waals surface area contributed by atoms with Crippen LogP contribution in [0.4, 0.5) is 0 Å². The fraction of sp³-hybridized carbons (Fsp3) is 0.273. The summed E-state index contributed by atoms with van der Waals surface area (Å²) in [6.07, 6.45) is 2.15. The van der Waals surface area contributed by atoms with Crippen molar-refractivity contribution >= 4 is 11.9 Å². The molecule has 0 fully saturated rings. The number of amides is 1. The van der Waals surface area contributed by atoms with Gasteiger partial charge >= 0.3 is 5.97 Å². The second-order valence-corrected chi connectivity index (χ2v) is 6.80. The highest BCUT2D eigenvalue weighted by molar-refractivity contribution is 5.93. The molecule has 3 aromatic rings. The standard InChI is InChI=1S/C22H22N4O4/c1-3-30-22(28)20-17-14-25(21(27)18-6-4-5-12-23-18)13-11-19(17)26(24-20)15-7-9-16(29-2)10-8-15/h4-10,12H,3,11,13-14H2,1-2H3. The molecule has 8 nitrogen and oxygen atoms in total. The first-order valence-electron chi connectivity index (χ1n) is 9.75. The highest BCUT2D eigenvalue weighted by Gasteiger charge is 2.31. The van der Waals surface area contributed by atoms with Crippen molar-refractivity contribution < 1.29 is 19.1 Å². The van der Waals surface area contributed by atoms with Gasteiger partial charge in [0.25, 0.3) is 5.91 Å². The van der Waals surface area contributed by atoms with Crippen molar-refractivity contribution in [2.24, 2.45) is 0 Å². The predicted molar refractivity (Wildman–Crippen MR) is 109 cm³/mol. The third-order valence-electron chi connectivity index (χ3n) is 5.01. The smallest absolute Gasteiger partial charge is 0.359 e. The maximum Gasteiger partial charge on any atom is 0.359 e. The third kappa shape index (κ3) is 3.63. The first-order chi connectivity index (χ1) is 14.6. The number of carbonyl (C=O) groups excluding carboxylic acids is 2. The van der Waals surface area contributed by atoms with Crippen molar-refractivity contribution in [3.05, 3.63) is 71.3 Å². The van der Waals surface area contributed by atoms with Crippen molar-refractivity contribution in [2.45, 2.75) is 19.9 Å². The van der Waals surface area contributed by atoms with Crippen LogP contribution >= 0.6 is 0 Å². The molecular weight excluding hydrogens is 384 g/mol. The maximum absolute atomic E-state index is 12.9. The van der Waals surface area contributed by atoms with Crippen molar-refractivity contribution in [1.82, 2.24) is 19.7 Å². The van der Waals surface area contributed by atoms with E-state index < -0.39 is 5.97 Å². The lowest BCUT2D eigenvalue weighted by Gasteiger charge is -2.27.